The van der Waals surface area contributed by atoms with E-state index in [0.29, 0.717) is 13.2 Å². The predicted molar refractivity (Wildman–Crippen MR) is 76.5 cm³/mol. The van der Waals surface area contributed by atoms with Gasteiger partial charge in [0.1, 0.15) is 11.5 Å². The van der Waals surface area contributed by atoms with Crippen molar-refractivity contribution >= 4 is 0 Å². The average Bonchev–Trinajstić information content (AvgIpc) is 3.01. The van der Waals surface area contributed by atoms with Crippen molar-refractivity contribution in [3.8, 4) is 11.5 Å². The van der Waals surface area contributed by atoms with Crippen molar-refractivity contribution in [3.05, 3.63) is 23.8 Å². The van der Waals surface area contributed by atoms with E-state index >= 15 is 0 Å². The zero-order valence-electron chi connectivity index (χ0n) is 12.3. The Morgan fingerprint density at radius 1 is 1.35 bits per heavy atom. The molecule has 0 bridgehead atoms. The molecule has 2 unspecified atom stereocenters. The first-order valence-corrected chi connectivity index (χ1v) is 6.87. The van der Waals surface area contributed by atoms with Gasteiger partial charge in [-0.3, -0.25) is 0 Å². The summed E-state index contributed by atoms with van der Waals surface area (Å²) in [7, 11) is 5.24. The number of hydrogen-bond donors (Lipinski definition) is 1. The lowest BCUT2D eigenvalue weighted by atomic mass is 10.1. The van der Waals surface area contributed by atoms with Crippen molar-refractivity contribution < 1.29 is 18.9 Å². The van der Waals surface area contributed by atoms with Crippen LogP contribution < -0.4 is 14.8 Å². The number of benzene rings is 1. The Morgan fingerprint density at radius 2 is 2.20 bits per heavy atom. The number of hydrogen-bond acceptors (Lipinski definition) is 5. The number of rotatable bonds is 7. The largest absolute Gasteiger partial charge is 0.497 e. The Hall–Kier alpha value is -1.30. The summed E-state index contributed by atoms with van der Waals surface area (Å²) in [6, 6.07) is 5.84. The molecule has 1 N–H and O–H groups in total. The molecule has 20 heavy (non-hydrogen) atoms. The lowest BCUT2D eigenvalue weighted by Crippen LogP contribution is -2.26. The molecule has 2 atom stereocenters. The van der Waals surface area contributed by atoms with E-state index in [4.69, 9.17) is 18.9 Å². The van der Waals surface area contributed by atoms with Crippen molar-refractivity contribution in [2.24, 2.45) is 0 Å². The van der Waals surface area contributed by atoms with E-state index in [0.717, 1.165) is 30.1 Å². The van der Waals surface area contributed by atoms with Crippen LogP contribution in [0.4, 0.5) is 0 Å². The Kier molecular flexibility index (Phi) is 5.64. The van der Waals surface area contributed by atoms with Crippen LogP contribution in [0.15, 0.2) is 18.2 Å². The van der Waals surface area contributed by atoms with Crippen molar-refractivity contribution in [1.29, 1.82) is 0 Å². The topological polar surface area (TPSA) is 49.0 Å². The molecule has 0 amide bonds. The standard InChI is InChI=1S/C15H23NO4/c1-16-14(10-20-12-6-7-19-9-12)13-8-11(17-2)4-5-15(13)18-3/h4-5,8,12,14,16H,6-7,9-10H2,1-3H3. The van der Waals surface area contributed by atoms with Gasteiger partial charge in [0.2, 0.25) is 0 Å². The molecular weight excluding hydrogens is 258 g/mol. The molecular formula is C15H23NO4. The van der Waals surface area contributed by atoms with Crippen LogP contribution in [-0.4, -0.2) is 47.2 Å². The van der Waals surface area contributed by atoms with Crippen LogP contribution in [0.25, 0.3) is 0 Å². The van der Waals surface area contributed by atoms with Gasteiger partial charge >= 0.3 is 0 Å². The maximum atomic E-state index is 5.90. The van der Waals surface area contributed by atoms with Gasteiger partial charge in [-0.2, -0.15) is 0 Å². The zero-order valence-corrected chi connectivity index (χ0v) is 12.3. The van der Waals surface area contributed by atoms with Gasteiger partial charge in [-0.25, -0.2) is 0 Å². The molecule has 1 saturated heterocycles. The van der Waals surface area contributed by atoms with Gasteiger partial charge in [0.15, 0.2) is 0 Å². The van der Waals surface area contributed by atoms with Crippen molar-refractivity contribution in [2.45, 2.75) is 18.6 Å². The number of nitrogens with one attached hydrogen (secondary N) is 1. The maximum Gasteiger partial charge on any atom is 0.123 e. The van der Waals surface area contributed by atoms with Crippen molar-refractivity contribution in [3.63, 3.8) is 0 Å². The van der Waals surface area contributed by atoms with Gasteiger partial charge < -0.3 is 24.3 Å². The van der Waals surface area contributed by atoms with Gasteiger partial charge in [0, 0.05) is 12.2 Å². The molecule has 112 valence electrons. The molecule has 0 saturated carbocycles. The van der Waals surface area contributed by atoms with E-state index in [9.17, 15) is 0 Å². The molecule has 1 aromatic carbocycles. The highest BCUT2D eigenvalue weighted by Crippen LogP contribution is 2.29. The van der Waals surface area contributed by atoms with Gasteiger partial charge in [-0.05, 0) is 31.7 Å². The second-order valence-corrected chi connectivity index (χ2v) is 4.77. The molecule has 0 radical (unpaired) electrons. The Bertz CT molecular complexity index is 418. The molecule has 1 heterocycles. The third-order valence-corrected chi connectivity index (χ3v) is 3.55. The molecule has 5 heteroatoms. The summed E-state index contributed by atoms with van der Waals surface area (Å²) >= 11 is 0. The summed E-state index contributed by atoms with van der Waals surface area (Å²) in [6.07, 6.45) is 1.16. The fourth-order valence-corrected chi connectivity index (χ4v) is 2.32. The summed E-state index contributed by atoms with van der Waals surface area (Å²) in [5.74, 6) is 1.64. The highest BCUT2D eigenvalue weighted by Gasteiger charge is 2.20. The van der Waals surface area contributed by atoms with E-state index in [-0.39, 0.29) is 12.1 Å². The van der Waals surface area contributed by atoms with E-state index < -0.39 is 0 Å². The van der Waals surface area contributed by atoms with Crippen LogP contribution in [0.2, 0.25) is 0 Å². The van der Waals surface area contributed by atoms with Gasteiger partial charge in [0.25, 0.3) is 0 Å². The minimum absolute atomic E-state index is 0.0562. The SMILES string of the molecule is CNC(COC1CCOC1)c1cc(OC)ccc1OC. The van der Waals surface area contributed by atoms with Crippen LogP contribution in [0.3, 0.4) is 0 Å². The van der Waals surface area contributed by atoms with Crippen LogP contribution in [0.5, 0.6) is 11.5 Å². The van der Waals surface area contributed by atoms with Gasteiger partial charge in [0.05, 0.1) is 39.6 Å². The summed E-state index contributed by atoms with van der Waals surface area (Å²) < 4.78 is 21.9. The minimum Gasteiger partial charge on any atom is -0.497 e. The third-order valence-electron chi connectivity index (χ3n) is 3.55. The first-order valence-electron chi connectivity index (χ1n) is 6.87. The van der Waals surface area contributed by atoms with Crippen molar-refractivity contribution in [2.75, 3.05) is 41.1 Å². The molecule has 2 rings (SSSR count). The molecule has 5 nitrogen and oxygen atoms in total. The summed E-state index contributed by atoms with van der Waals surface area (Å²) in [5, 5.41) is 3.27. The van der Waals surface area contributed by atoms with Gasteiger partial charge in [-0.1, -0.05) is 0 Å². The summed E-state index contributed by atoms with van der Waals surface area (Å²) in [4.78, 5) is 0. The van der Waals surface area contributed by atoms with Crippen LogP contribution >= 0.6 is 0 Å². The smallest absolute Gasteiger partial charge is 0.123 e. The van der Waals surface area contributed by atoms with E-state index in [1.165, 1.54) is 0 Å². The predicted octanol–water partition coefficient (Wildman–Crippen LogP) is 1.77. The van der Waals surface area contributed by atoms with E-state index in [2.05, 4.69) is 5.32 Å². The molecule has 0 aliphatic carbocycles. The highest BCUT2D eigenvalue weighted by molar-refractivity contribution is 5.42. The number of methoxy groups -OCH3 is 2. The number of ether oxygens (including phenoxy) is 4. The zero-order chi connectivity index (χ0) is 14.4. The quantitative estimate of drug-likeness (QED) is 0.825. The molecule has 0 aromatic heterocycles. The van der Waals surface area contributed by atoms with Crippen LogP contribution in [0.1, 0.15) is 18.0 Å². The van der Waals surface area contributed by atoms with Crippen LogP contribution in [-0.2, 0) is 9.47 Å². The maximum absolute atomic E-state index is 5.90. The second kappa shape index (κ2) is 7.47. The van der Waals surface area contributed by atoms with Crippen molar-refractivity contribution in [1.82, 2.24) is 5.32 Å². The molecule has 1 aliphatic rings. The van der Waals surface area contributed by atoms with E-state index in [1.807, 2.05) is 25.2 Å². The normalized spacial score (nSPS) is 19.9. The summed E-state index contributed by atoms with van der Waals surface area (Å²) in [6.45, 7) is 2.05. The van der Waals surface area contributed by atoms with Gasteiger partial charge in [-0.15, -0.1) is 0 Å². The molecule has 1 fully saturated rings. The lowest BCUT2D eigenvalue weighted by Gasteiger charge is -2.21. The monoisotopic (exact) mass is 281 g/mol. The fraction of sp³-hybridized carbons (Fsp3) is 0.600. The third kappa shape index (κ3) is 3.62. The summed E-state index contributed by atoms with van der Waals surface area (Å²) in [5.41, 5.74) is 1.04. The molecule has 0 spiro atoms. The first-order chi connectivity index (χ1) is 9.78. The Balaban J connectivity index is 2.08. The number of likely N-dealkylation sites (N-methyl/N-ethyl adjacent to an activating group) is 1. The molecule has 1 aromatic rings. The Morgan fingerprint density at radius 3 is 2.80 bits per heavy atom. The average molecular weight is 281 g/mol. The molecule has 1 aliphatic heterocycles. The highest BCUT2D eigenvalue weighted by atomic mass is 16.5. The minimum atomic E-state index is 0.0562. The lowest BCUT2D eigenvalue weighted by molar-refractivity contribution is 0.0305. The fourth-order valence-electron chi connectivity index (χ4n) is 2.32. The first kappa shape index (κ1) is 15.1. The van der Waals surface area contributed by atoms with E-state index in [1.54, 1.807) is 14.2 Å². The Labute approximate surface area is 120 Å². The second-order valence-electron chi connectivity index (χ2n) is 4.77. The van der Waals surface area contributed by atoms with Crippen LogP contribution in [0, 0.1) is 0 Å².